The lowest BCUT2D eigenvalue weighted by molar-refractivity contribution is -0.138. The fourth-order valence-corrected chi connectivity index (χ4v) is 2.28. The quantitative estimate of drug-likeness (QED) is 0.643. The summed E-state index contributed by atoms with van der Waals surface area (Å²) in [5, 5.41) is 0. The molecule has 0 radical (unpaired) electrons. The maximum absolute atomic E-state index is 12.6. The number of alkyl halides is 3. The number of rotatable bonds is 4. The predicted molar refractivity (Wildman–Crippen MR) is 65.3 cm³/mol. The van der Waals surface area contributed by atoms with Crippen molar-refractivity contribution in [2.45, 2.75) is 6.18 Å². The van der Waals surface area contributed by atoms with Gasteiger partial charge in [-0.05, 0) is 18.2 Å². The second kappa shape index (κ2) is 5.57. The highest BCUT2D eigenvalue weighted by atomic mass is 32.2. The van der Waals surface area contributed by atoms with Crippen LogP contribution in [0.4, 0.5) is 24.5 Å². The molecule has 0 fully saturated rings. The van der Waals surface area contributed by atoms with Crippen LogP contribution >= 0.6 is 0 Å². The topological polar surface area (TPSA) is 98.5 Å². The van der Waals surface area contributed by atoms with Gasteiger partial charge in [0.1, 0.15) is 0 Å². The molecule has 0 bridgehead atoms. The van der Waals surface area contributed by atoms with Gasteiger partial charge in [-0.1, -0.05) is 0 Å². The Morgan fingerprint density at radius 3 is 2.50 bits per heavy atom. The first-order chi connectivity index (χ1) is 9.05. The molecule has 20 heavy (non-hydrogen) atoms. The molecule has 0 aliphatic carbocycles. The summed E-state index contributed by atoms with van der Waals surface area (Å²) in [7, 11) is -3.16. The molecule has 1 aromatic carbocycles. The summed E-state index contributed by atoms with van der Waals surface area (Å²) in [5.74, 6) is -2.04. The SMILES string of the molecule is COC(=O)CS(=O)(=O)Nc1ccc(N)c(C(F)(F)F)c1. The smallest absolute Gasteiger partial charge is 0.418 e. The van der Waals surface area contributed by atoms with E-state index in [2.05, 4.69) is 4.74 Å². The van der Waals surface area contributed by atoms with Crippen molar-refractivity contribution in [1.82, 2.24) is 0 Å². The fourth-order valence-electron chi connectivity index (χ4n) is 1.29. The van der Waals surface area contributed by atoms with Crippen molar-refractivity contribution in [3.05, 3.63) is 23.8 Å². The number of halogens is 3. The third-order valence-electron chi connectivity index (χ3n) is 2.17. The van der Waals surface area contributed by atoms with Gasteiger partial charge in [0.05, 0.1) is 12.7 Å². The molecule has 112 valence electrons. The molecular weight excluding hydrogens is 301 g/mol. The van der Waals surface area contributed by atoms with E-state index in [9.17, 15) is 26.4 Å². The van der Waals surface area contributed by atoms with Crippen LogP contribution in [0.2, 0.25) is 0 Å². The number of nitrogens with one attached hydrogen (secondary N) is 1. The van der Waals surface area contributed by atoms with Crippen molar-refractivity contribution < 1.29 is 31.1 Å². The van der Waals surface area contributed by atoms with E-state index in [1.807, 2.05) is 4.72 Å². The summed E-state index contributed by atoms with van der Waals surface area (Å²) in [6, 6.07) is 2.52. The Labute approximate surface area is 112 Å². The maximum atomic E-state index is 12.6. The van der Waals surface area contributed by atoms with Crippen molar-refractivity contribution >= 4 is 27.4 Å². The number of benzene rings is 1. The molecule has 0 atom stereocenters. The molecule has 0 saturated heterocycles. The van der Waals surface area contributed by atoms with Gasteiger partial charge in [0, 0.05) is 11.4 Å². The first kappa shape index (κ1) is 16.1. The summed E-state index contributed by atoms with van der Waals surface area (Å²) in [4.78, 5) is 10.9. The fraction of sp³-hybridized carbons (Fsp3) is 0.300. The van der Waals surface area contributed by atoms with Crippen LogP contribution in [0.15, 0.2) is 18.2 Å². The van der Waals surface area contributed by atoms with Crippen LogP contribution in [-0.4, -0.2) is 27.2 Å². The van der Waals surface area contributed by atoms with Crippen LogP contribution in [-0.2, 0) is 25.7 Å². The zero-order valence-electron chi connectivity index (χ0n) is 10.2. The van der Waals surface area contributed by atoms with E-state index < -0.39 is 39.2 Å². The van der Waals surface area contributed by atoms with E-state index in [1.165, 1.54) is 0 Å². The van der Waals surface area contributed by atoms with E-state index >= 15 is 0 Å². The summed E-state index contributed by atoms with van der Waals surface area (Å²) < 4.78 is 66.8. The summed E-state index contributed by atoms with van der Waals surface area (Å²) in [6.45, 7) is 0. The van der Waals surface area contributed by atoms with Crippen molar-refractivity contribution in [3.8, 4) is 0 Å². The van der Waals surface area contributed by atoms with E-state index in [1.54, 1.807) is 0 Å². The van der Waals surface area contributed by atoms with Gasteiger partial charge in [0.15, 0.2) is 5.75 Å². The Morgan fingerprint density at radius 2 is 2.00 bits per heavy atom. The molecule has 1 aromatic rings. The molecule has 0 aliphatic heterocycles. The van der Waals surface area contributed by atoms with E-state index in [-0.39, 0.29) is 5.69 Å². The molecule has 0 unspecified atom stereocenters. The van der Waals surface area contributed by atoms with Gasteiger partial charge < -0.3 is 10.5 Å². The maximum Gasteiger partial charge on any atom is 0.418 e. The molecule has 0 aliphatic rings. The van der Waals surface area contributed by atoms with Crippen LogP contribution in [0, 0.1) is 0 Å². The number of methoxy groups -OCH3 is 1. The zero-order chi connectivity index (χ0) is 15.6. The van der Waals surface area contributed by atoms with Crippen molar-refractivity contribution in [2.75, 3.05) is 23.3 Å². The number of anilines is 2. The molecule has 0 spiro atoms. The molecule has 0 heterocycles. The average molecular weight is 312 g/mol. The molecule has 0 saturated carbocycles. The molecule has 10 heteroatoms. The van der Waals surface area contributed by atoms with Gasteiger partial charge in [-0.2, -0.15) is 13.2 Å². The predicted octanol–water partition coefficient (Wildman–Crippen LogP) is 1.20. The Hall–Kier alpha value is -1.97. The number of carbonyl (C=O) groups excluding carboxylic acids is 1. The minimum absolute atomic E-state index is 0.351. The summed E-state index contributed by atoms with van der Waals surface area (Å²) >= 11 is 0. The van der Waals surface area contributed by atoms with Crippen LogP contribution < -0.4 is 10.5 Å². The summed E-state index contributed by atoms with van der Waals surface area (Å²) in [5.41, 5.74) is 3.11. The first-order valence-electron chi connectivity index (χ1n) is 5.09. The van der Waals surface area contributed by atoms with E-state index in [4.69, 9.17) is 5.73 Å². The average Bonchev–Trinajstić information content (AvgIpc) is 2.29. The zero-order valence-corrected chi connectivity index (χ0v) is 11.0. The van der Waals surface area contributed by atoms with Crippen molar-refractivity contribution in [2.24, 2.45) is 0 Å². The second-order valence-electron chi connectivity index (χ2n) is 3.74. The highest BCUT2D eigenvalue weighted by Crippen LogP contribution is 2.35. The molecular formula is C10H11F3N2O4S. The third-order valence-corrected chi connectivity index (χ3v) is 3.33. The molecule has 0 aromatic heterocycles. The van der Waals surface area contributed by atoms with Crippen LogP contribution in [0.25, 0.3) is 0 Å². The van der Waals surface area contributed by atoms with Gasteiger partial charge in [0.2, 0.25) is 10.0 Å². The molecule has 1 rings (SSSR count). The minimum Gasteiger partial charge on any atom is -0.468 e. The van der Waals surface area contributed by atoms with Crippen molar-refractivity contribution in [1.29, 1.82) is 0 Å². The molecule has 6 nitrogen and oxygen atoms in total. The number of sulfonamides is 1. The number of nitrogens with two attached hydrogens (primary N) is 1. The van der Waals surface area contributed by atoms with Gasteiger partial charge >= 0.3 is 12.1 Å². The van der Waals surface area contributed by atoms with E-state index in [0.29, 0.717) is 6.07 Å². The lowest BCUT2D eigenvalue weighted by Gasteiger charge is -2.13. The van der Waals surface area contributed by atoms with Crippen LogP contribution in [0.5, 0.6) is 0 Å². The number of ether oxygens (including phenoxy) is 1. The number of nitrogen functional groups attached to an aromatic ring is 1. The second-order valence-corrected chi connectivity index (χ2v) is 5.46. The Bertz CT molecular complexity index is 613. The number of carbonyl (C=O) groups is 1. The van der Waals surface area contributed by atoms with Gasteiger partial charge in [0.25, 0.3) is 0 Å². The Kier molecular flexibility index (Phi) is 4.48. The normalized spacial score (nSPS) is 12.0. The molecule has 0 amide bonds. The Morgan fingerprint density at radius 1 is 1.40 bits per heavy atom. The third kappa shape index (κ3) is 4.30. The standard InChI is InChI=1S/C10H11F3N2O4S/c1-19-9(16)5-20(17,18)15-6-2-3-8(14)7(4-6)10(11,12)13/h2-4,15H,5,14H2,1H3. The number of hydrogen-bond acceptors (Lipinski definition) is 5. The summed E-state index contributed by atoms with van der Waals surface area (Å²) in [6.07, 6.45) is -4.71. The number of esters is 1. The van der Waals surface area contributed by atoms with Crippen molar-refractivity contribution in [3.63, 3.8) is 0 Å². The largest absolute Gasteiger partial charge is 0.468 e. The lowest BCUT2D eigenvalue weighted by Crippen LogP contribution is -2.24. The first-order valence-corrected chi connectivity index (χ1v) is 6.74. The Balaban J connectivity index is 3.03. The number of hydrogen-bond donors (Lipinski definition) is 2. The lowest BCUT2D eigenvalue weighted by atomic mass is 10.1. The monoisotopic (exact) mass is 312 g/mol. The van der Waals surface area contributed by atoms with Crippen LogP contribution in [0.1, 0.15) is 5.56 Å². The highest BCUT2D eigenvalue weighted by molar-refractivity contribution is 7.93. The van der Waals surface area contributed by atoms with Crippen LogP contribution in [0.3, 0.4) is 0 Å². The molecule has 3 N–H and O–H groups in total. The minimum atomic E-state index is -4.71. The van der Waals surface area contributed by atoms with Gasteiger partial charge in [-0.3, -0.25) is 9.52 Å². The van der Waals surface area contributed by atoms with E-state index in [0.717, 1.165) is 19.2 Å². The van der Waals surface area contributed by atoms with Gasteiger partial charge in [-0.15, -0.1) is 0 Å². The van der Waals surface area contributed by atoms with Gasteiger partial charge in [-0.25, -0.2) is 8.42 Å². The highest BCUT2D eigenvalue weighted by Gasteiger charge is 2.33.